The predicted molar refractivity (Wildman–Crippen MR) is 91.8 cm³/mol. The summed E-state index contributed by atoms with van der Waals surface area (Å²) in [5.74, 6) is -1.29. The molecule has 136 valence electrons. The number of ketones is 2. The molecule has 0 saturated heterocycles. The first-order valence-electron chi connectivity index (χ1n) is 9.09. The summed E-state index contributed by atoms with van der Waals surface area (Å²) in [4.78, 5) is 33.5. The molecule has 0 spiro atoms. The highest BCUT2D eigenvalue weighted by Gasteiger charge is 2.32. The van der Waals surface area contributed by atoms with E-state index in [1.807, 2.05) is 6.92 Å². The molecule has 1 N–H and O–H groups in total. The molecule has 1 aliphatic carbocycles. The highest BCUT2D eigenvalue weighted by Crippen LogP contribution is 2.33. The van der Waals surface area contributed by atoms with Crippen LogP contribution in [0.3, 0.4) is 0 Å². The Balaban J connectivity index is 2.23. The van der Waals surface area contributed by atoms with Gasteiger partial charge in [-0.3, -0.25) is 9.59 Å². The summed E-state index contributed by atoms with van der Waals surface area (Å²) in [6.45, 7) is 3.52. The van der Waals surface area contributed by atoms with E-state index in [4.69, 9.17) is 9.84 Å². The van der Waals surface area contributed by atoms with Crippen LogP contribution in [0.4, 0.5) is 0 Å². The number of rotatable bonds is 13. The molecule has 0 aromatic heterocycles. The Bertz CT molecular complexity index is 441. The van der Waals surface area contributed by atoms with Crippen molar-refractivity contribution in [3.05, 3.63) is 12.2 Å². The van der Waals surface area contributed by atoms with Crippen molar-refractivity contribution in [2.45, 2.75) is 64.7 Å². The van der Waals surface area contributed by atoms with E-state index in [9.17, 15) is 14.4 Å². The van der Waals surface area contributed by atoms with Crippen molar-refractivity contribution in [2.24, 2.45) is 11.8 Å². The molecule has 0 aromatic carbocycles. The SMILES string of the molecule is CCOCCCC=C[C@H]1CCC(=O)[C@@H]1CCCCCC(=O)C(=O)O. The van der Waals surface area contributed by atoms with Gasteiger partial charge in [-0.1, -0.05) is 25.0 Å². The van der Waals surface area contributed by atoms with Gasteiger partial charge in [-0.05, 0) is 44.9 Å². The molecule has 0 heterocycles. The largest absolute Gasteiger partial charge is 0.476 e. The lowest BCUT2D eigenvalue weighted by Crippen LogP contribution is -2.14. The van der Waals surface area contributed by atoms with Crippen molar-refractivity contribution in [1.82, 2.24) is 0 Å². The van der Waals surface area contributed by atoms with E-state index in [1.54, 1.807) is 0 Å². The molecule has 0 amide bonds. The molecule has 24 heavy (non-hydrogen) atoms. The van der Waals surface area contributed by atoms with Gasteiger partial charge < -0.3 is 9.84 Å². The second kappa shape index (κ2) is 12.0. The molecule has 1 aliphatic rings. The number of carboxylic acid groups (broad SMARTS) is 1. The van der Waals surface area contributed by atoms with Gasteiger partial charge in [-0.15, -0.1) is 0 Å². The maximum atomic E-state index is 12.0. The maximum Gasteiger partial charge on any atom is 0.372 e. The first-order valence-corrected chi connectivity index (χ1v) is 9.09. The van der Waals surface area contributed by atoms with Gasteiger partial charge in [-0.25, -0.2) is 4.79 Å². The Morgan fingerprint density at radius 2 is 2.04 bits per heavy atom. The van der Waals surface area contributed by atoms with Crippen LogP contribution in [0, 0.1) is 11.8 Å². The van der Waals surface area contributed by atoms with E-state index >= 15 is 0 Å². The van der Waals surface area contributed by atoms with Crippen molar-refractivity contribution in [2.75, 3.05) is 13.2 Å². The molecule has 5 heteroatoms. The molecule has 5 nitrogen and oxygen atoms in total. The molecule has 0 radical (unpaired) electrons. The number of carbonyl (C=O) groups excluding carboxylic acids is 2. The third-order valence-electron chi connectivity index (χ3n) is 4.56. The lowest BCUT2D eigenvalue weighted by molar-refractivity contribution is -0.149. The second-order valence-corrected chi connectivity index (χ2v) is 6.37. The van der Waals surface area contributed by atoms with Crippen LogP contribution in [-0.2, 0) is 19.1 Å². The highest BCUT2D eigenvalue weighted by molar-refractivity contribution is 6.32. The monoisotopic (exact) mass is 338 g/mol. The minimum atomic E-state index is -1.35. The van der Waals surface area contributed by atoms with Gasteiger partial charge in [0.15, 0.2) is 0 Å². The lowest BCUT2D eigenvalue weighted by Gasteiger charge is -2.14. The predicted octanol–water partition coefficient (Wildman–Crippen LogP) is 3.56. The molecule has 1 fully saturated rings. The Morgan fingerprint density at radius 3 is 2.75 bits per heavy atom. The molecule has 0 bridgehead atoms. The van der Waals surface area contributed by atoms with Crippen molar-refractivity contribution in [1.29, 1.82) is 0 Å². The fraction of sp³-hybridized carbons (Fsp3) is 0.737. The summed E-state index contributed by atoms with van der Waals surface area (Å²) in [6, 6.07) is 0. The minimum absolute atomic E-state index is 0.0944. The number of hydrogen-bond acceptors (Lipinski definition) is 4. The first-order chi connectivity index (χ1) is 11.6. The van der Waals surface area contributed by atoms with Crippen LogP contribution < -0.4 is 0 Å². The fourth-order valence-electron chi connectivity index (χ4n) is 3.19. The van der Waals surface area contributed by atoms with E-state index in [2.05, 4.69) is 12.2 Å². The molecule has 1 rings (SSSR count). The van der Waals surface area contributed by atoms with Crippen LogP contribution in [0.1, 0.15) is 64.7 Å². The van der Waals surface area contributed by atoms with Crippen molar-refractivity contribution >= 4 is 17.5 Å². The zero-order chi connectivity index (χ0) is 17.8. The van der Waals surface area contributed by atoms with Gasteiger partial charge >= 0.3 is 5.97 Å². The smallest absolute Gasteiger partial charge is 0.372 e. The number of allylic oxidation sites excluding steroid dienone is 2. The average Bonchev–Trinajstić information content (AvgIpc) is 2.90. The fourth-order valence-corrected chi connectivity index (χ4v) is 3.19. The van der Waals surface area contributed by atoms with Crippen molar-refractivity contribution < 1.29 is 24.2 Å². The molecule has 0 aromatic rings. The van der Waals surface area contributed by atoms with Gasteiger partial charge in [0.1, 0.15) is 5.78 Å². The standard InChI is InChI=1S/C19H30O5/c1-2-24-14-8-4-5-9-15-12-13-17(20)16(15)10-6-3-7-11-18(21)19(22)23/h5,9,15-16H,2-4,6-8,10-14H2,1H3,(H,22,23)/t15-,16+/m0/s1. The second-order valence-electron chi connectivity index (χ2n) is 6.37. The summed E-state index contributed by atoms with van der Waals surface area (Å²) in [6.07, 6.45) is 11.1. The molecule has 0 unspecified atom stereocenters. The van der Waals surface area contributed by atoms with Crippen LogP contribution in [-0.4, -0.2) is 35.9 Å². The summed E-state index contributed by atoms with van der Waals surface area (Å²) < 4.78 is 5.30. The van der Waals surface area contributed by atoms with Crippen molar-refractivity contribution in [3.63, 3.8) is 0 Å². The number of carboxylic acids is 1. The Labute approximate surface area is 144 Å². The molecular weight excluding hydrogens is 308 g/mol. The third kappa shape index (κ3) is 7.86. The molecule has 1 saturated carbocycles. The van der Waals surface area contributed by atoms with Gasteiger partial charge in [-0.2, -0.15) is 0 Å². The number of hydrogen-bond donors (Lipinski definition) is 1. The normalized spacial score (nSPS) is 20.8. The Morgan fingerprint density at radius 1 is 1.25 bits per heavy atom. The zero-order valence-electron chi connectivity index (χ0n) is 14.7. The van der Waals surface area contributed by atoms with Crippen LogP contribution in [0.2, 0.25) is 0 Å². The van der Waals surface area contributed by atoms with Crippen LogP contribution in [0.15, 0.2) is 12.2 Å². The Hall–Kier alpha value is -1.49. The van der Waals surface area contributed by atoms with Gasteiger partial charge in [0.25, 0.3) is 0 Å². The van der Waals surface area contributed by atoms with E-state index in [-0.39, 0.29) is 12.3 Å². The first kappa shape index (κ1) is 20.6. The van der Waals surface area contributed by atoms with Gasteiger partial charge in [0.05, 0.1) is 0 Å². The quantitative estimate of drug-likeness (QED) is 0.315. The number of carbonyl (C=O) groups is 3. The topological polar surface area (TPSA) is 80.7 Å². The molecular formula is C19H30O5. The lowest BCUT2D eigenvalue weighted by atomic mass is 9.89. The highest BCUT2D eigenvalue weighted by atomic mass is 16.5. The van der Waals surface area contributed by atoms with E-state index < -0.39 is 11.8 Å². The Kier molecular flexibility index (Phi) is 10.2. The van der Waals surface area contributed by atoms with Crippen molar-refractivity contribution in [3.8, 4) is 0 Å². The average molecular weight is 338 g/mol. The summed E-state index contributed by atoms with van der Waals surface area (Å²) in [7, 11) is 0. The van der Waals surface area contributed by atoms with Crippen LogP contribution in [0.25, 0.3) is 0 Å². The summed E-state index contributed by atoms with van der Waals surface area (Å²) in [5.41, 5.74) is 0. The van der Waals surface area contributed by atoms with Gasteiger partial charge in [0.2, 0.25) is 5.78 Å². The van der Waals surface area contributed by atoms with Gasteiger partial charge in [0, 0.05) is 32.0 Å². The minimum Gasteiger partial charge on any atom is -0.476 e. The van der Waals surface area contributed by atoms with Crippen LogP contribution >= 0.6 is 0 Å². The van der Waals surface area contributed by atoms with Crippen LogP contribution in [0.5, 0.6) is 0 Å². The molecule has 0 aliphatic heterocycles. The number of Topliss-reactive ketones (excluding diaryl/α,β-unsaturated/α-hetero) is 2. The number of aliphatic carboxylic acids is 1. The maximum absolute atomic E-state index is 12.0. The zero-order valence-corrected chi connectivity index (χ0v) is 14.7. The van der Waals surface area contributed by atoms with E-state index in [1.165, 1.54) is 0 Å². The van der Waals surface area contributed by atoms with E-state index in [0.717, 1.165) is 51.7 Å². The molecule has 2 atom stereocenters. The third-order valence-corrected chi connectivity index (χ3v) is 4.56. The summed E-state index contributed by atoms with van der Waals surface area (Å²) in [5, 5.41) is 8.52. The number of ether oxygens (including phenoxy) is 1. The number of unbranched alkanes of at least 4 members (excludes halogenated alkanes) is 3. The summed E-state index contributed by atoms with van der Waals surface area (Å²) >= 11 is 0. The van der Waals surface area contributed by atoms with E-state index in [0.29, 0.717) is 24.5 Å².